The fourth-order valence-corrected chi connectivity index (χ4v) is 4.16. The first kappa shape index (κ1) is 19.1. The quantitative estimate of drug-likeness (QED) is 0.530. The third-order valence-electron chi connectivity index (χ3n) is 5.79. The van der Waals surface area contributed by atoms with E-state index in [2.05, 4.69) is 45.1 Å². The largest absolute Gasteiger partial charge is 0.379 e. The summed E-state index contributed by atoms with van der Waals surface area (Å²) in [6.45, 7) is 6.60. The number of ether oxygens (including phenoxy) is 1. The number of para-hydroxylation sites is 1. The number of rotatable bonds is 5. The van der Waals surface area contributed by atoms with Crippen LogP contribution in [0.3, 0.4) is 0 Å². The van der Waals surface area contributed by atoms with E-state index in [1.165, 1.54) is 5.56 Å². The van der Waals surface area contributed by atoms with Gasteiger partial charge in [-0.05, 0) is 35.4 Å². The molecule has 0 bridgehead atoms. The van der Waals surface area contributed by atoms with Crippen molar-refractivity contribution in [2.75, 3.05) is 50.0 Å². The lowest BCUT2D eigenvalue weighted by molar-refractivity contribution is -0.110. The predicted octanol–water partition coefficient (Wildman–Crippen LogP) is 2.91. The van der Waals surface area contributed by atoms with E-state index in [0.717, 1.165) is 74.1 Å². The van der Waals surface area contributed by atoms with E-state index in [1.54, 1.807) is 0 Å². The number of nitrogens with one attached hydrogen (secondary N) is 3. The van der Waals surface area contributed by atoms with Gasteiger partial charge in [-0.1, -0.05) is 30.3 Å². The second-order valence-electron chi connectivity index (χ2n) is 7.80. The van der Waals surface area contributed by atoms with Crippen molar-refractivity contribution in [3.63, 3.8) is 0 Å². The van der Waals surface area contributed by atoms with E-state index in [1.807, 2.05) is 30.3 Å². The molecular weight excluding hydrogens is 376 g/mol. The van der Waals surface area contributed by atoms with Crippen molar-refractivity contribution in [3.05, 3.63) is 70.9 Å². The maximum Gasteiger partial charge on any atom is 0.258 e. The third kappa shape index (κ3) is 3.89. The fourth-order valence-electron chi connectivity index (χ4n) is 4.16. The van der Waals surface area contributed by atoms with Crippen LogP contribution in [0.2, 0.25) is 0 Å². The smallest absolute Gasteiger partial charge is 0.258 e. The van der Waals surface area contributed by atoms with Crippen LogP contribution >= 0.6 is 0 Å². The van der Waals surface area contributed by atoms with Crippen molar-refractivity contribution in [1.29, 1.82) is 0 Å². The van der Waals surface area contributed by atoms with Crippen LogP contribution in [0.15, 0.2) is 54.2 Å². The van der Waals surface area contributed by atoms with Crippen molar-refractivity contribution in [2.24, 2.45) is 0 Å². The van der Waals surface area contributed by atoms with Crippen molar-refractivity contribution >= 4 is 28.9 Å². The highest BCUT2D eigenvalue weighted by Gasteiger charge is 2.27. The van der Waals surface area contributed by atoms with E-state index in [0.29, 0.717) is 5.57 Å². The van der Waals surface area contributed by atoms with Crippen LogP contribution in [0.4, 0.5) is 11.4 Å². The van der Waals surface area contributed by atoms with Gasteiger partial charge in [0.1, 0.15) is 0 Å². The molecule has 3 heterocycles. The van der Waals surface area contributed by atoms with Crippen molar-refractivity contribution in [1.82, 2.24) is 10.2 Å². The van der Waals surface area contributed by atoms with Gasteiger partial charge in [0, 0.05) is 49.7 Å². The number of anilines is 2. The molecule has 2 aromatic rings. The zero-order valence-electron chi connectivity index (χ0n) is 16.9. The highest BCUT2D eigenvalue weighted by Crippen LogP contribution is 2.36. The molecule has 30 heavy (non-hydrogen) atoms. The summed E-state index contributed by atoms with van der Waals surface area (Å²) in [6, 6.07) is 14.2. The first-order valence-corrected chi connectivity index (χ1v) is 10.5. The van der Waals surface area contributed by atoms with Crippen LogP contribution in [0.25, 0.3) is 11.6 Å². The number of fused-ring (bicyclic) bond motifs is 2. The molecule has 6 heteroatoms. The highest BCUT2D eigenvalue weighted by atomic mass is 16.5. The Morgan fingerprint density at radius 2 is 1.87 bits per heavy atom. The monoisotopic (exact) mass is 402 g/mol. The van der Waals surface area contributed by atoms with Gasteiger partial charge in [0.2, 0.25) is 0 Å². The average Bonchev–Trinajstić information content (AvgIpc) is 3.12. The molecule has 154 valence electrons. The molecule has 6 nitrogen and oxygen atoms in total. The second-order valence-corrected chi connectivity index (χ2v) is 7.80. The molecule has 0 saturated carbocycles. The summed E-state index contributed by atoms with van der Waals surface area (Å²) >= 11 is 0. The first-order chi connectivity index (χ1) is 14.8. The van der Waals surface area contributed by atoms with Crippen LogP contribution < -0.4 is 16.0 Å². The molecule has 0 radical (unpaired) electrons. The molecule has 0 atom stereocenters. The number of morpholine rings is 1. The maximum atomic E-state index is 12.5. The van der Waals surface area contributed by atoms with Gasteiger partial charge < -0.3 is 20.7 Å². The molecule has 0 aromatic heterocycles. The Kier molecular flexibility index (Phi) is 5.36. The molecule has 3 aliphatic rings. The zero-order chi connectivity index (χ0) is 20.3. The van der Waals surface area contributed by atoms with E-state index in [4.69, 9.17) is 4.74 Å². The number of amides is 1. The lowest BCUT2D eigenvalue weighted by atomic mass is 10.00. The Morgan fingerprint density at radius 3 is 2.77 bits per heavy atom. The van der Waals surface area contributed by atoms with Gasteiger partial charge in [-0.2, -0.15) is 0 Å². The summed E-state index contributed by atoms with van der Waals surface area (Å²) < 4.78 is 5.39. The van der Waals surface area contributed by atoms with Crippen LogP contribution in [0.5, 0.6) is 0 Å². The molecule has 0 spiro atoms. The van der Waals surface area contributed by atoms with Gasteiger partial charge in [-0.25, -0.2) is 0 Å². The molecule has 1 amide bonds. The SMILES string of the molecule is O=C1Nc2ccccc2/C1=C1\C=Cc2cc(CNCCN3CCOCC3)ccc2N1. The van der Waals surface area contributed by atoms with Gasteiger partial charge >= 0.3 is 0 Å². The summed E-state index contributed by atoms with van der Waals surface area (Å²) in [6.07, 6.45) is 4.08. The van der Waals surface area contributed by atoms with Crippen LogP contribution in [0.1, 0.15) is 16.7 Å². The van der Waals surface area contributed by atoms with Gasteiger partial charge in [-0.15, -0.1) is 0 Å². The molecule has 0 aliphatic carbocycles. The zero-order valence-corrected chi connectivity index (χ0v) is 16.9. The minimum atomic E-state index is -0.0621. The topological polar surface area (TPSA) is 65.6 Å². The number of hydrogen-bond donors (Lipinski definition) is 3. The number of allylic oxidation sites excluding steroid dienone is 1. The molecule has 5 rings (SSSR count). The maximum absolute atomic E-state index is 12.5. The molecule has 1 fully saturated rings. The first-order valence-electron chi connectivity index (χ1n) is 10.5. The van der Waals surface area contributed by atoms with Gasteiger partial charge in [0.25, 0.3) is 5.91 Å². The average molecular weight is 402 g/mol. The van der Waals surface area contributed by atoms with Crippen molar-refractivity contribution < 1.29 is 9.53 Å². The summed E-state index contributed by atoms with van der Waals surface area (Å²) in [5.41, 5.74) is 6.75. The Bertz CT molecular complexity index is 1020. The minimum Gasteiger partial charge on any atom is -0.379 e. The minimum absolute atomic E-state index is 0.0621. The van der Waals surface area contributed by atoms with Gasteiger partial charge in [0.15, 0.2) is 0 Å². The van der Waals surface area contributed by atoms with E-state index >= 15 is 0 Å². The Hall–Kier alpha value is -2.93. The summed E-state index contributed by atoms with van der Waals surface area (Å²) in [7, 11) is 0. The number of benzene rings is 2. The van der Waals surface area contributed by atoms with Gasteiger partial charge in [0.05, 0.1) is 24.5 Å². The molecule has 1 saturated heterocycles. The lowest BCUT2D eigenvalue weighted by Crippen LogP contribution is -2.40. The van der Waals surface area contributed by atoms with Crippen molar-refractivity contribution in [3.8, 4) is 0 Å². The van der Waals surface area contributed by atoms with E-state index in [9.17, 15) is 4.79 Å². The Morgan fingerprint density at radius 1 is 1.00 bits per heavy atom. The standard InChI is InChI=1S/C24H26N4O2/c29-24-23(19-3-1-2-4-21(19)27-24)22-8-6-18-15-17(5-7-20(18)26-22)16-25-9-10-28-11-13-30-14-12-28/h1-8,15,25-26H,9-14,16H2,(H,27,29)/b23-22-. The molecule has 0 unspecified atom stereocenters. The Balaban J connectivity index is 1.25. The number of hydrogen-bond acceptors (Lipinski definition) is 5. The number of carbonyl (C=O) groups excluding carboxylic acids is 1. The fraction of sp³-hybridized carbons (Fsp3) is 0.292. The van der Waals surface area contributed by atoms with Gasteiger partial charge in [-0.3, -0.25) is 9.69 Å². The normalized spacial score (nSPS) is 20.5. The van der Waals surface area contributed by atoms with Crippen LogP contribution in [0, 0.1) is 0 Å². The van der Waals surface area contributed by atoms with Crippen LogP contribution in [-0.2, 0) is 16.1 Å². The Labute approximate surface area is 176 Å². The van der Waals surface area contributed by atoms with Crippen LogP contribution in [-0.4, -0.2) is 50.2 Å². The predicted molar refractivity (Wildman–Crippen MR) is 120 cm³/mol. The summed E-state index contributed by atoms with van der Waals surface area (Å²) in [5, 5.41) is 9.92. The van der Waals surface area contributed by atoms with E-state index < -0.39 is 0 Å². The molecule has 3 aliphatic heterocycles. The van der Waals surface area contributed by atoms with Crippen molar-refractivity contribution in [2.45, 2.75) is 6.54 Å². The third-order valence-corrected chi connectivity index (χ3v) is 5.79. The molecular formula is C24H26N4O2. The number of carbonyl (C=O) groups is 1. The second kappa shape index (κ2) is 8.44. The molecule has 2 aromatic carbocycles. The number of nitrogens with zero attached hydrogens (tertiary/aromatic N) is 1. The lowest BCUT2D eigenvalue weighted by Gasteiger charge is -2.26. The highest BCUT2D eigenvalue weighted by molar-refractivity contribution is 6.33. The van der Waals surface area contributed by atoms with E-state index in [-0.39, 0.29) is 5.91 Å². The summed E-state index contributed by atoms with van der Waals surface area (Å²) in [4.78, 5) is 14.9. The molecule has 3 N–H and O–H groups in total. The summed E-state index contributed by atoms with van der Waals surface area (Å²) in [5.74, 6) is -0.0621.